The van der Waals surface area contributed by atoms with Crippen molar-refractivity contribution in [1.29, 1.82) is 0 Å². The summed E-state index contributed by atoms with van der Waals surface area (Å²) in [5.74, 6) is -2.95. The van der Waals surface area contributed by atoms with Crippen molar-refractivity contribution >= 4 is 34.8 Å². The molecule has 0 fully saturated rings. The summed E-state index contributed by atoms with van der Waals surface area (Å²) < 4.78 is 20.4. The van der Waals surface area contributed by atoms with Gasteiger partial charge in [0.2, 0.25) is 0 Å². The summed E-state index contributed by atoms with van der Waals surface area (Å²) in [4.78, 5) is 49.6. The monoisotopic (exact) mass is 361 g/mol. The van der Waals surface area contributed by atoms with E-state index >= 15 is 0 Å². The van der Waals surface area contributed by atoms with Gasteiger partial charge in [0.15, 0.2) is 17.2 Å². The molecule has 2 aromatic rings. The second kappa shape index (κ2) is 7.60. The van der Waals surface area contributed by atoms with Gasteiger partial charge in [0.1, 0.15) is 11.3 Å². The number of hydrogen-bond acceptors (Lipinski definition) is 9. The third kappa shape index (κ3) is 4.32. The summed E-state index contributed by atoms with van der Waals surface area (Å²) >= 11 is 0. The summed E-state index contributed by atoms with van der Waals surface area (Å²) in [7, 11) is 0. The van der Waals surface area contributed by atoms with Gasteiger partial charge in [-0.3, -0.25) is 19.2 Å². The average molecular weight is 361 g/mol. The number of benzene rings is 1. The van der Waals surface area contributed by atoms with Crippen LogP contribution in [0.2, 0.25) is 0 Å². The van der Waals surface area contributed by atoms with Gasteiger partial charge in [-0.2, -0.15) is 0 Å². The second-order valence-corrected chi connectivity index (χ2v) is 5.11. The maximum atomic E-state index is 11.5. The number of rotatable bonds is 4. The first kappa shape index (κ1) is 18.8. The number of aromatic nitrogens is 1. The third-order valence-corrected chi connectivity index (χ3v) is 2.87. The number of ether oxygens (including phenoxy) is 4. The topological polar surface area (TPSA) is 118 Å². The molecule has 0 aliphatic rings. The average Bonchev–Trinajstić information content (AvgIpc) is 2.49. The molecule has 1 heterocycles. The molecule has 0 amide bonds. The van der Waals surface area contributed by atoms with Gasteiger partial charge in [-0.15, -0.1) is 0 Å². The molecular formula is C17H15NO8. The summed E-state index contributed by atoms with van der Waals surface area (Å²) in [5, 5.41) is 0.0351. The van der Waals surface area contributed by atoms with Crippen molar-refractivity contribution in [3.8, 4) is 23.0 Å². The SMILES string of the molecule is CC(=O)Oc1cnc2c(OC(C)=O)ccc(OC(C)=O)c2c1OC(C)=O. The molecule has 0 unspecified atom stereocenters. The first-order chi connectivity index (χ1) is 12.2. The van der Waals surface area contributed by atoms with Crippen LogP contribution in [0.5, 0.6) is 23.0 Å². The van der Waals surface area contributed by atoms with Crippen LogP contribution in [-0.4, -0.2) is 28.9 Å². The number of carbonyl (C=O) groups excluding carboxylic acids is 4. The third-order valence-electron chi connectivity index (χ3n) is 2.87. The number of fused-ring (bicyclic) bond motifs is 1. The summed E-state index contributed by atoms with van der Waals surface area (Å²) in [6, 6.07) is 2.71. The minimum Gasteiger partial charge on any atom is -0.426 e. The molecule has 0 aliphatic carbocycles. The molecular weight excluding hydrogens is 346 g/mol. The molecule has 1 aromatic carbocycles. The molecule has 0 N–H and O–H groups in total. The highest BCUT2D eigenvalue weighted by Crippen LogP contribution is 2.43. The second-order valence-electron chi connectivity index (χ2n) is 5.11. The lowest BCUT2D eigenvalue weighted by Crippen LogP contribution is -2.10. The lowest BCUT2D eigenvalue weighted by atomic mass is 10.1. The highest BCUT2D eigenvalue weighted by Gasteiger charge is 2.23. The van der Waals surface area contributed by atoms with E-state index in [0.29, 0.717) is 0 Å². The molecule has 0 saturated carbocycles. The Morgan fingerprint density at radius 2 is 1.15 bits per heavy atom. The molecule has 9 nitrogen and oxygen atoms in total. The van der Waals surface area contributed by atoms with E-state index in [0.717, 1.165) is 20.0 Å². The quantitative estimate of drug-likeness (QED) is 0.594. The predicted octanol–water partition coefficient (Wildman–Crippen LogP) is 1.94. The maximum Gasteiger partial charge on any atom is 0.308 e. The molecule has 136 valence electrons. The summed E-state index contributed by atoms with van der Waals surface area (Å²) in [6.45, 7) is 4.68. The van der Waals surface area contributed by atoms with Crippen LogP contribution in [0.3, 0.4) is 0 Å². The van der Waals surface area contributed by atoms with Crippen LogP contribution in [0.25, 0.3) is 10.9 Å². The molecule has 0 spiro atoms. The lowest BCUT2D eigenvalue weighted by molar-refractivity contribution is -0.134. The van der Waals surface area contributed by atoms with Crippen molar-refractivity contribution in [3.63, 3.8) is 0 Å². The standard InChI is InChI=1S/C17H15NO8/c1-8(19)23-12-5-6-13(24-9(2)20)16-15(12)17(26-11(4)22)14(7-18-16)25-10(3)21/h5-7H,1-4H3. The molecule has 0 atom stereocenters. The Hall–Kier alpha value is -3.49. The maximum absolute atomic E-state index is 11.5. The van der Waals surface area contributed by atoms with Crippen molar-refractivity contribution < 1.29 is 38.1 Å². The zero-order valence-electron chi connectivity index (χ0n) is 14.4. The Morgan fingerprint density at radius 1 is 0.692 bits per heavy atom. The van der Waals surface area contributed by atoms with Crippen LogP contribution in [0, 0.1) is 0 Å². The van der Waals surface area contributed by atoms with Gasteiger partial charge >= 0.3 is 23.9 Å². The molecule has 0 aliphatic heterocycles. The van der Waals surface area contributed by atoms with E-state index in [1.807, 2.05) is 0 Å². The van der Waals surface area contributed by atoms with Crippen LogP contribution in [0.1, 0.15) is 27.7 Å². The molecule has 0 radical (unpaired) electrons. The first-order valence-electron chi connectivity index (χ1n) is 7.38. The van der Waals surface area contributed by atoms with Gasteiger partial charge in [0, 0.05) is 27.7 Å². The molecule has 2 rings (SSSR count). The number of carbonyl (C=O) groups is 4. The minimum absolute atomic E-state index is 0.0128. The highest BCUT2D eigenvalue weighted by molar-refractivity contribution is 6.00. The molecule has 26 heavy (non-hydrogen) atoms. The number of hydrogen-bond donors (Lipinski definition) is 0. The predicted molar refractivity (Wildman–Crippen MR) is 87.0 cm³/mol. The van der Waals surface area contributed by atoms with Gasteiger partial charge in [-0.1, -0.05) is 0 Å². The van der Waals surface area contributed by atoms with Gasteiger partial charge in [0.05, 0.1) is 11.6 Å². The largest absolute Gasteiger partial charge is 0.426 e. The van der Waals surface area contributed by atoms with Crippen molar-refractivity contribution in [2.24, 2.45) is 0 Å². The van der Waals surface area contributed by atoms with Gasteiger partial charge < -0.3 is 18.9 Å². The Labute approximate surface area is 147 Å². The van der Waals surface area contributed by atoms with E-state index in [2.05, 4.69) is 4.98 Å². The smallest absolute Gasteiger partial charge is 0.308 e. The Balaban J connectivity index is 2.85. The lowest BCUT2D eigenvalue weighted by Gasteiger charge is -2.15. The summed E-state index contributed by atoms with van der Waals surface area (Å²) in [5.41, 5.74) is 0.0751. The van der Waals surface area contributed by atoms with Crippen molar-refractivity contribution in [3.05, 3.63) is 18.3 Å². The van der Waals surface area contributed by atoms with E-state index < -0.39 is 23.9 Å². The van der Waals surface area contributed by atoms with Gasteiger partial charge in [-0.05, 0) is 12.1 Å². The van der Waals surface area contributed by atoms with Crippen molar-refractivity contribution in [2.45, 2.75) is 27.7 Å². The fourth-order valence-corrected chi connectivity index (χ4v) is 2.16. The normalized spacial score (nSPS) is 10.2. The first-order valence-corrected chi connectivity index (χ1v) is 7.38. The Kier molecular flexibility index (Phi) is 5.51. The fourth-order valence-electron chi connectivity index (χ4n) is 2.16. The van der Waals surface area contributed by atoms with Crippen molar-refractivity contribution in [2.75, 3.05) is 0 Å². The van der Waals surface area contributed by atoms with Gasteiger partial charge in [-0.25, -0.2) is 4.98 Å². The van der Waals surface area contributed by atoms with Crippen LogP contribution in [-0.2, 0) is 19.2 Å². The zero-order chi connectivity index (χ0) is 19.4. The van der Waals surface area contributed by atoms with Crippen LogP contribution < -0.4 is 18.9 Å². The van der Waals surface area contributed by atoms with E-state index in [4.69, 9.17) is 18.9 Å². The van der Waals surface area contributed by atoms with E-state index in [-0.39, 0.29) is 33.9 Å². The zero-order valence-corrected chi connectivity index (χ0v) is 14.4. The highest BCUT2D eigenvalue weighted by atomic mass is 16.6. The fraction of sp³-hybridized carbons (Fsp3) is 0.235. The summed E-state index contributed by atoms with van der Waals surface area (Å²) in [6.07, 6.45) is 1.13. The molecule has 1 aromatic heterocycles. The Morgan fingerprint density at radius 3 is 1.69 bits per heavy atom. The number of pyridine rings is 1. The molecule has 0 saturated heterocycles. The van der Waals surface area contributed by atoms with E-state index in [1.165, 1.54) is 26.0 Å². The van der Waals surface area contributed by atoms with E-state index in [9.17, 15) is 19.2 Å². The molecule has 9 heteroatoms. The molecule has 0 bridgehead atoms. The van der Waals surface area contributed by atoms with E-state index in [1.54, 1.807) is 0 Å². The van der Waals surface area contributed by atoms with Crippen LogP contribution in [0.4, 0.5) is 0 Å². The number of esters is 4. The van der Waals surface area contributed by atoms with Crippen LogP contribution >= 0.6 is 0 Å². The van der Waals surface area contributed by atoms with Crippen molar-refractivity contribution in [1.82, 2.24) is 4.98 Å². The Bertz CT molecular complexity index is 919. The van der Waals surface area contributed by atoms with Crippen LogP contribution in [0.15, 0.2) is 18.3 Å². The minimum atomic E-state index is -0.711. The number of nitrogens with zero attached hydrogens (tertiary/aromatic N) is 1. The van der Waals surface area contributed by atoms with Gasteiger partial charge in [0.25, 0.3) is 0 Å².